The van der Waals surface area contributed by atoms with Gasteiger partial charge in [-0.25, -0.2) is 0 Å². The molecule has 4 fully saturated rings. The highest BCUT2D eigenvalue weighted by atomic mass is 15.2. The van der Waals surface area contributed by atoms with Gasteiger partial charge in [-0.1, -0.05) is 12.8 Å². The van der Waals surface area contributed by atoms with Crippen LogP contribution in [0.25, 0.3) is 0 Å². The molecule has 0 atom stereocenters. The van der Waals surface area contributed by atoms with Crippen molar-refractivity contribution in [1.29, 1.82) is 0 Å². The van der Waals surface area contributed by atoms with Gasteiger partial charge < -0.3 is 29.8 Å². The lowest BCUT2D eigenvalue weighted by molar-refractivity contribution is 0.181. The molecule has 6 nitrogen and oxygen atoms in total. The normalized spacial score (nSPS) is 25.6. The SMILES string of the molecule is CN1CCCCC1.CN1CCCCC1.CN1CCN(C)CC1.CN1CCNCC1. The standard InChI is InChI=1S/C6H14N2.2C6H13N.C5H12N2/c1-7-3-5-8(2)6-4-7;2*1-7-5-3-2-4-6-7;1-7-4-2-6-3-5-7/h3-6H2,1-2H3;2*2-6H2,1H3;6H,2-5H2,1H3. The maximum atomic E-state index is 3.27. The maximum absolute atomic E-state index is 3.27. The number of nitrogens with one attached hydrogen (secondary N) is 1. The lowest BCUT2D eigenvalue weighted by Gasteiger charge is -2.28. The molecule has 29 heavy (non-hydrogen) atoms. The highest BCUT2D eigenvalue weighted by Gasteiger charge is 2.08. The maximum Gasteiger partial charge on any atom is 0.0107 e. The van der Waals surface area contributed by atoms with Gasteiger partial charge in [0, 0.05) is 52.4 Å². The second kappa shape index (κ2) is 17.4. The largest absolute Gasteiger partial charge is 0.314 e. The Morgan fingerprint density at radius 1 is 0.345 bits per heavy atom. The average Bonchev–Trinajstić information content (AvgIpc) is 2.73. The van der Waals surface area contributed by atoms with Crippen LogP contribution in [0, 0.1) is 0 Å². The van der Waals surface area contributed by atoms with Crippen molar-refractivity contribution >= 4 is 0 Å². The molecule has 174 valence electrons. The summed E-state index contributed by atoms with van der Waals surface area (Å²) >= 11 is 0. The van der Waals surface area contributed by atoms with Gasteiger partial charge in [-0.15, -0.1) is 0 Å². The van der Waals surface area contributed by atoms with E-state index in [-0.39, 0.29) is 0 Å². The number of likely N-dealkylation sites (tertiary alicyclic amines) is 2. The second-order valence-electron chi connectivity index (χ2n) is 9.39. The van der Waals surface area contributed by atoms with Crippen LogP contribution in [0.4, 0.5) is 0 Å². The molecule has 6 heteroatoms. The van der Waals surface area contributed by atoms with E-state index in [1.54, 1.807) is 0 Å². The molecule has 4 aliphatic rings. The topological polar surface area (TPSA) is 28.2 Å². The van der Waals surface area contributed by atoms with Crippen molar-refractivity contribution in [2.45, 2.75) is 38.5 Å². The third-order valence-electron chi connectivity index (χ3n) is 6.23. The van der Waals surface area contributed by atoms with Crippen LogP contribution in [0.5, 0.6) is 0 Å². The molecule has 4 rings (SSSR count). The summed E-state index contributed by atoms with van der Waals surface area (Å²) in [6.07, 6.45) is 8.55. The zero-order valence-electron chi connectivity index (χ0n) is 20.5. The van der Waals surface area contributed by atoms with Crippen molar-refractivity contribution in [2.24, 2.45) is 0 Å². The first-order valence-corrected chi connectivity index (χ1v) is 12.1. The summed E-state index contributed by atoms with van der Waals surface area (Å²) in [5.74, 6) is 0. The monoisotopic (exact) mass is 412 g/mol. The summed E-state index contributed by atoms with van der Waals surface area (Å²) in [5.41, 5.74) is 0. The fraction of sp³-hybridized carbons (Fsp3) is 1.00. The molecule has 0 aromatic carbocycles. The molecule has 0 saturated carbocycles. The van der Waals surface area contributed by atoms with Crippen LogP contribution in [0.1, 0.15) is 38.5 Å². The number of hydrogen-bond donors (Lipinski definition) is 1. The highest BCUT2D eigenvalue weighted by Crippen LogP contribution is 2.05. The summed E-state index contributed by atoms with van der Waals surface area (Å²) in [4.78, 5) is 11.8. The van der Waals surface area contributed by atoms with E-state index in [1.807, 2.05) is 0 Å². The fourth-order valence-corrected chi connectivity index (χ4v) is 3.79. The van der Waals surface area contributed by atoms with E-state index in [0.717, 1.165) is 13.1 Å². The van der Waals surface area contributed by atoms with Crippen LogP contribution >= 0.6 is 0 Å². The van der Waals surface area contributed by atoms with Crippen LogP contribution in [0.2, 0.25) is 0 Å². The summed E-state index contributed by atoms with van der Waals surface area (Å²) in [6.45, 7) is 15.0. The van der Waals surface area contributed by atoms with Crippen LogP contribution in [0.15, 0.2) is 0 Å². The molecule has 0 bridgehead atoms. The zero-order valence-corrected chi connectivity index (χ0v) is 20.5. The minimum absolute atomic E-state index is 1.16. The number of nitrogens with zero attached hydrogens (tertiary/aromatic N) is 5. The lowest BCUT2D eigenvalue weighted by atomic mass is 10.1. The molecule has 0 radical (unpaired) electrons. The van der Waals surface area contributed by atoms with Gasteiger partial charge in [-0.05, 0) is 87.1 Å². The van der Waals surface area contributed by atoms with E-state index in [0.29, 0.717) is 0 Å². The van der Waals surface area contributed by atoms with Gasteiger partial charge >= 0.3 is 0 Å². The Morgan fingerprint density at radius 3 is 0.828 bits per heavy atom. The third-order valence-corrected chi connectivity index (χ3v) is 6.23. The molecular formula is C23H52N6. The Bertz CT molecular complexity index is 293. The molecule has 0 amide bonds. The van der Waals surface area contributed by atoms with Crippen molar-refractivity contribution < 1.29 is 0 Å². The quantitative estimate of drug-likeness (QED) is 0.650. The Labute approximate surface area is 182 Å². The Hall–Kier alpha value is -0.240. The smallest absolute Gasteiger partial charge is 0.0107 e. The predicted molar refractivity (Wildman–Crippen MR) is 128 cm³/mol. The molecule has 1 N–H and O–H groups in total. The Kier molecular flexibility index (Phi) is 16.1. The van der Waals surface area contributed by atoms with E-state index in [1.165, 1.54) is 104 Å². The first-order valence-electron chi connectivity index (χ1n) is 12.1. The van der Waals surface area contributed by atoms with E-state index >= 15 is 0 Å². The van der Waals surface area contributed by atoms with Gasteiger partial charge in [0.2, 0.25) is 0 Å². The first-order chi connectivity index (χ1) is 14.0. The minimum Gasteiger partial charge on any atom is -0.314 e. The van der Waals surface area contributed by atoms with Crippen molar-refractivity contribution in [3.63, 3.8) is 0 Å². The number of piperazine rings is 2. The van der Waals surface area contributed by atoms with E-state index in [9.17, 15) is 0 Å². The molecule has 0 aromatic heterocycles. The molecule has 0 unspecified atom stereocenters. The van der Waals surface area contributed by atoms with Crippen molar-refractivity contribution in [3.8, 4) is 0 Å². The Morgan fingerprint density at radius 2 is 0.621 bits per heavy atom. The molecular weight excluding hydrogens is 360 g/mol. The Balaban J connectivity index is 0.000000194. The van der Waals surface area contributed by atoms with Crippen LogP contribution in [-0.2, 0) is 0 Å². The molecule has 0 aromatic rings. The molecule has 0 aliphatic carbocycles. The second-order valence-corrected chi connectivity index (χ2v) is 9.39. The van der Waals surface area contributed by atoms with Gasteiger partial charge in [0.05, 0.1) is 0 Å². The number of piperidine rings is 2. The van der Waals surface area contributed by atoms with E-state index in [2.05, 4.69) is 65.1 Å². The molecule has 4 aliphatic heterocycles. The van der Waals surface area contributed by atoms with Crippen molar-refractivity contribution in [1.82, 2.24) is 29.8 Å². The molecule has 0 spiro atoms. The van der Waals surface area contributed by atoms with Crippen molar-refractivity contribution in [2.75, 3.05) is 114 Å². The van der Waals surface area contributed by atoms with Crippen molar-refractivity contribution in [3.05, 3.63) is 0 Å². The molecule has 4 heterocycles. The summed E-state index contributed by atoms with van der Waals surface area (Å²) in [7, 11) is 10.9. The van der Waals surface area contributed by atoms with Gasteiger partial charge in [-0.3, -0.25) is 0 Å². The van der Waals surface area contributed by atoms with Crippen LogP contribution < -0.4 is 5.32 Å². The molecule has 4 saturated heterocycles. The third kappa shape index (κ3) is 16.2. The number of rotatable bonds is 0. The number of likely N-dealkylation sites (N-methyl/N-ethyl adjacent to an activating group) is 3. The summed E-state index contributed by atoms with van der Waals surface area (Å²) in [6, 6.07) is 0. The van der Waals surface area contributed by atoms with Gasteiger partial charge in [0.25, 0.3) is 0 Å². The van der Waals surface area contributed by atoms with Gasteiger partial charge in [-0.2, -0.15) is 0 Å². The van der Waals surface area contributed by atoms with Gasteiger partial charge in [0.15, 0.2) is 0 Å². The zero-order chi connectivity index (χ0) is 21.3. The van der Waals surface area contributed by atoms with E-state index in [4.69, 9.17) is 0 Å². The predicted octanol–water partition coefficient (Wildman–Crippen LogP) is 1.59. The van der Waals surface area contributed by atoms with Crippen LogP contribution in [0.3, 0.4) is 0 Å². The van der Waals surface area contributed by atoms with Crippen LogP contribution in [-0.4, -0.2) is 138 Å². The average molecular weight is 413 g/mol. The minimum atomic E-state index is 1.16. The number of hydrogen-bond acceptors (Lipinski definition) is 6. The summed E-state index contributed by atoms with van der Waals surface area (Å²) in [5, 5.41) is 3.27. The first kappa shape index (κ1) is 26.8. The lowest BCUT2D eigenvalue weighted by Crippen LogP contribution is -2.42. The summed E-state index contributed by atoms with van der Waals surface area (Å²) < 4.78 is 0. The fourth-order valence-electron chi connectivity index (χ4n) is 3.79. The van der Waals surface area contributed by atoms with Gasteiger partial charge in [0.1, 0.15) is 0 Å². The van der Waals surface area contributed by atoms with E-state index < -0.39 is 0 Å². The highest BCUT2D eigenvalue weighted by molar-refractivity contribution is 4.64.